The van der Waals surface area contributed by atoms with Gasteiger partial charge in [0.2, 0.25) is 0 Å². The maximum Gasteiger partial charge on any atom is 0.164 e. The fraction of sp³-hybridized carbons (Fsp3) is 0.0682. The number of hydrogen-bond acceptors (Lipinski definition) is 5. The van der Waals surface area contributed by atoms with Gasteiger partial charge in [0.15, 0.2) is 17.5 Å². The van der Waals surface area contributed by atoms with Crippen LogP contribution in [0.1, 0.15) is 18.4 Å². The van der Waals surface area contributed by atoms with Crippen LogP contribution >= 0.6 is 0 Å². The Kier molecular flexibility index (Phi) is 6.00. The van der Waals surface area contributed by atoms with Gasteiger partial charge >= 0.3 is 0 Å². The van der Waals surface area contributed by atoms with E-state index >= 15 is 0 Å². The third-order valence-electron chi connectivity index (χ3n) is 9.86. The van der Waals surface area contributed by atoms with E-state index in [1.54, 1.807) is 0 Å². The van der Waals surface area contributed by atoms with Crippen LogP contribution in [-0.4, -0.2) is 20.6 Å². The first-order chi connectivity index (χ1) is 24.1. The Morgan fingerprint density at radius 2 is 1.33 bits per heavy atom. The van der Waals surface area contributed by atoms with Crippen LogP contribution in [0, 0.1) is 0 Å². The summed E-state index contributed by atoms with van der Waals surface area (Å²) >= 11 is 0. The molecule has 5 heteroatoms. The number of ether oxygens (including phenoxy) is 1. The van der Waals surface area contributed by atoms with Crippen molar-refractivity contribution in [3.05, 3.63) is 157 Å². The smallest absolute Gasteiger partial charge is 0.164 e. The van der Waals surface area contributed by atoms with E-state index in [4.69, 9.17) is 24.1 Å². The maximum atomic E-state index is 6.53. The molecule has 5 nitrogen and oxygen atoms in total. The number of benzene rings is 6. The van der Waals surface area contributed by atoms with Crippen molar-refractivity contribution in [3.63, 3.8) is 0 Å². The quantitative estimate of drug-likeness (QED) is 0.193. The molecular formula is C44H29N3O2. The summed E-state index contributed by atoms with van der Waals surface area (Å²) in [5.41, 5.74) is 7.23. The predicted octanol–water partition coefficient (Wildman–Crippen LogP) is 11.0. The van der Waals surface area contributed by atoms with Crippen molar-refractivity contribution in [1.82, 2.24) is 15.0 Å². The summed E-state index contributed by atoms with van der Waals surface area (Å²) < 4.78 is 13.0. The minimum absolute atomic E-state index is 0.142. The van der Waals surface area contributed by atoms with Gasteiger partial charge in [0.1, 0.15) is 22.5 Å². The Hall–Kier alpha value is -6.33. The van der Waals surface area contributed by atoms with Crippen LogP contribution in [0.2, 0.25) is 0 Å². The molecule has 2 aliphatic rings. The highest BCUT2D eigenvalue weighted by Crippen LogP contribution is 2.49. The Morgan fingerprint density at radius 1 is 0.571 bits per heavy atom. The summed E-state index contributed by atoms with van der Waals surface area (Å²) in [6.07, 6.45) is 8.55. The number of fused-ring (bicyclic) bond motifs is 7. The van der Waals surface area contributed by atoms with Crippen LogP contribution in [0.15, 0.2) is 156 Å². The van der Waals surface area contributed by atoms with Crippen molar-refractivity contribution in [2.24, 2.45) is 0 Å². The highest BCUT2D eigenvalue weighted by Gasteiger charge is 2.42. The molecule has 0 spiro atoms. The second-order valence-corrected chi connectivity index (χ2v) is 13.0. The fourth-order valence-electron chi connectivity index (χ4n) is 7.40. The minimum atomic E-state index is -0.387. The number of hydrogen-bond donors (Lipinski definition) is 0. The molecule has 49 heavy (non-hydrogen) atoms. The molecule has 3 heterocycles. The zero-order chi connectivity index (χ0) is 32.5. The second-order valence-electron chi connectivity index (χ2n) is 13.0. The highest BCUT2D eigenvalue weighted by atomic mass is 16.5. The van der Waals surface area contributed by atoms with Crippen molar-refractivity contribution in [1.29, 1.82) is 0 Å². The molecule has 0 amide bonds. The number of aromatic nitrogens is 3. The summed E-state index contributed by atoms with van der Waals surface area (Å²) in [6, 6.07) is 43.8. The summed E-state index contributed by atoms with van der Waals surface area (Å²) in [4.78, 5) is 15.4. The standard InChI is InChI=1S/C44H29N3O2/c1-44-22-10-9-16-36(44)34-24-30(20-21-38(34)49-44)32-25-35(40-33-15-7-8-17-37(33)48-39(40)26-32)43-46-41(28-12-3-2-4-13-28)45-42(47-43)31-19-18-27-11-5-6-14-29(27)23-31/h2-26,36H,1H3. The molecule has 10 rings (SSSR count). The molecule has 6 aromatic carbocycles. The van der Waals surface area contributed by atoms with Gasteiger partial charge in [-0.05, 0) is 71.3 Å². The third kappa shape index (κ3) is 4.50. The van der Waals surface area contributed by atoms with Gasteiger partial charge < -0.3 is 9.15 Å². The van der Waals surface area contributed by atoms with E-state index in [2.05, 4.69) is 110 Å². The Bertz CT molecular complexity index is 2670. The topological polar surface area (TPSA) is 61.0 Å². The molecule has 0 saturated carbocycles. The van der Waals surface area contributed by atoms with Gasteiger partial charge in [-0.3, -0.25) is 0 Å². The largest absolute Gasteiger partial charge is 0.482 e. The number of rotatable bonds is 4. The van der Waals surface area contributed by atoms with Gasteiger partial charge in [0.05, 0.1) is 0 Å². The summed E-state index contributed by atoms with van der Waals surface area (Å²) in [6.45, 7) is 2.15. The van der Waals surface area contributed by atoms with Crippen LogP contribution in [0.5, 0.6) is 5.75 Å². The van der Waals surface area contributed by atoms with E-state index in [1.807, 2.05) is 48.5 Å². The van der Waals surface area contributed by atoms with Crippen LogP contribution in [-0.2, 0) is 0 Å². The van der Waals surface area contributed by atoms with E-state index in [0.717, 1.165) is 60.9 Å². The van der Waals surface area contributed by atoms with Crippen molar-refractivity contribution in [2.45, 2.75) is 18.4 Å². The molecule has 1 aliphatic heterocycles. The number of allylic oxidation sites excluding steroid dienone is 2. The van der Waals surface area contributed by atoms with E-state index in [-0.39, 0.29) is 11.5 Å². The van der Waals surface area contributed by atoms with E-state index in [0.29, 0.717) is 17.5 Å². The van der Waals surface area contributed by atoms with Gasteiger partial charge in [0.25, 0.3) is 0 Å². The average molecular weight is 632 g/mol. The fourth-order valence-corrected chi connectivity index (χ4v) is 7.40. The molecule has 0 N–H and O–H groups in total. The number of nitrogens with zero attached hydrogens (tertiary/aromatic N) is 3. The molecule has 2 aromatic heterocycles. The minimum Gasteiger partial charge on any atom is -0.482 e. The lowest BCUT2D eigenvalue weighted by Crippen LogP contribution is -2.32. The number of para-hydroxylation sites is 1. The van der Waals surface area contributed by atoms with Crippen LogP contribution < -0.4 is 4.74 Å². The molecule has 1 aliphatic carbocycles. The van der Waals surface area contributed by atoms with Gasteiger partial charge in [0, 0.05) is 38.9 Å². The SMILES string of the molecule is CC12C=CC=CC1c1cc(-c3cc(-c4nc(-c5ccccc5)nc(-c5ccc6ccccc6c5)n4)c4c(c3)oc3ccccc34)ccc1O2. The first-order valence-electron chi connectivity index (χ1n) is 16.6. The van der Waals surface area contributed by atoms with Crippen LogP contribution in [0.4, 0.5) is 0 Å². The average Bonchev–Trinajstić information content (AvgIpc) is 3.68. The van der Waals surface area contributed by atoms with Gasteiger partial charge in [-0.1, -0.05) is 109 Å². The number of furan rings is 1. The first kappa shape index (κ1) is 27.8. The predicted molar refractivity (Wildman–Crippen MR) is 196 cm³/mol. The lowest BCUT2D eigenvalue weighted by atomic mass is 9.82. The highest BCUT2D eigenvalue weighted by molar-refractivity contribution is 6.13. The van der Waals surface area contributed by atoms with Crippen LogP contribution in [0.25, 0.3) is 78.0 Å². The molecule has 0 bridgehead atoms. The molecule has 2 atom stereocenters. The molecule has 2 unspecified atom stereocenters. The normalized spacial score (nSPS) is 17.8. The Balaban J connectivity index is 1.21. The Morgan fingerprint density at radius 3 is 2.22 bits per heavy atom. The molecular weight excluding hydrogens is 603 g/mol. The zero-order valence-electron chi connectivity index (χ0n) is 26.7. The summed E-state index contributed by atoms with van der Waals surface area (Å²) in [5.74, 6) is 2.89. The second kappa shape index (κ2) is 10.6. The lowest BCUT2D eigenvalue weighted by molar-refractivity contribution is 0.155. The maximum absolute atomic E-state index is 6.53. The van der Waals surface area contributed by atoms with Gasteiger partial charge in [-0.25, -0.2) is 15.0 Å². The van der Waals surface area contributed by atoms with Crippen LogP contribution in [0.3, 0.4) is 0 Å². The van der Waals surface area contributed by atoms with Crippen molar-refractivity contribution >= 4 is 32.7 Å². The molecule has 232 valence electrons. The van der Waals surface area contributed by atoms with Crippen molar-refractivity contribution < 1.29 is 9.15 Å². The molecule has 8 aromatic rings. The summed E-state index contributed by atoms with van der Waals surface area (Å²) in [5, 5.41) is 4.30. The third-order valence-corrected chi connectivity index (χ3v) is 9.86. The van der Waals surface area contributed by atoms with Crippen molar-refractivity contribution in [3.8, 4) is 51.0 Å². The zero-order valence-corrected chi connectivity index (χ0v) is 26.7. The molecule has 0 fully saturated rings. The van der Waals surface area contributed by atoms with E-state index in [1.165, 1.54) is 10.9 Å². The van der Waals surface area contributed by atoms with Gasteiger partial charge in [-0.2, -0.15) is 0 Å². The van der Waals surface area contributed by atoms with E-state index in [9.17, 15) is 0 Å². The first-order valence-corrected chi connectivity index (χ1v) is 16.6. The van der Waals surface area contributed by atoms with Gasteiger partial charge in [-0.15, -0.1) is 0 Å². The van der Waals surface area contributed by atoms with Crippen molar-refractivity contribution in [2.75, 3.05) is 0 Å². The molecule has 0 radical (unpaired) electrons. The summed E-state index contributed by atoms with van der Waals surface area (Å²) in [7, 11) is 0. The lowest BCUT2D eigenvalue weighted by Gasteiger charge is -2.27. The Labute approximate surface area is 282 Å². The van der Waals surface area contributed by atoms with E-state index < -0.39 is 0 Å². The molecule has 0 saturated heterocycles. The monoisotopic (exact) mass is 631 g/mol.